The lowest BCUT2D eigenvalue weighted by Crippen LogP contribution is -2.44. The third-order valence-corrected chi connectivity index (χ3v) is 13.8. The Balaban J connectivity index is 1.52. The van der Waals surface area contributed by atoms with Crippen molar-refractivity contribution in [2.75, 3.05) is 13.2 Å². The van der Waals surface area contributed by atoms with E-state index in [1.165, 1.54) is 12.0 Å². The van der Waals surface area contributed by atoms with E-state index >= 15 is 0 Å². The number of aliphatic hydroxyl groups is 1. The molecule has 1 saturated heterocycles. The third kappa shape index (κ3) is 8.74. The molecule has 7 heteroatoms. The molecule has 0 amide bonds. The molecule has 3 unspecified atom stereocenters. The quantitative estimate of drug-likeness (QED) is 0.261. The minimum Gasteiger partial charge on any atom is -0.410 e. The summed E-state index contributed by atoms with van der Waals surface area (Å²) in [7, 11) is -1.96. The van der Waals surface area contributed by atoms with Gasteiger partial charge in [0.1, 0.15) is 0 Å². The summed E-state index contributed by atoms with van der Waals surface area (Å²) in [5.41, 5.74) is 1.69. The molecule has 1 aliphatic heterocycles. The van der Waals surface area contributed by atoms with Crippen LogP contribution >= 0.6 is 11.3 Å². The first-order valence-corrected chi connectivity index (χ1v) is 17.8. The Hall–Kier alpha value is -0.573. The zero-order chi connectivity index (χ0) is 26.6. The van der Waals surface area contributed by atoms with Gasteiger partial charge in [0.25, 0.3) is 0 Å². The second kappa shape index (κ2) is 12.5. The number of aryl methyl sites for hydroxylation is 1. The lowest BCUT2D eigenvalue weighted by atomic mass is 9.98. The molecule has 1 aliphatic carbocycles. The van der Waals surface area contributed by atoms with Crippen molar-refractivity contribution in [1.29, 1.82) is 0 Å². The average molecular weight is 538 g/mol. The van der Waals surface area contributed by atoms with E-state index in [0.29, 0.717) is 11.8 Å². The van der Waals surface area contributed by atoms with Gasteiger partial charge in [-0.1, -0.05) is 34.1 Å². The van der Waals surface area contributed by atoms with Gasteiger partial charge in [0.2, 0.25) is 0 Å². The Morgan fingerprint density at radius 2 is 2.11 bits per heavy atom. The molecule has 0 spiro atoms. The maximum Gasteiger partial charge on any atom is 0.192 e. The molecule has 5 atom stereocenters. The summed E-state index contributed by atoms with van der Waals surface area (Å²) in [6.07, 6.45) is 10.3. The van der Waals surface area contributed by atoms with Gasteiger partial charge in [-0.2, -0.15) is 0 Å². The molecule has 1 N–H and O–H groups in total. The maximum atomic E-state index is 11.3. The van der Waals surface area contributed by atoms with E-state index in [2.05, 4.69) is 64.2 Å². The van der Waals surface area contributed by atoms with Crippen LogP contribution in [0, 0.1) is 18.8 Å². The van der Waals surface area contributed by atoms with Crippen LogP contribution in [0.4, 0.5) is 0 Å². The van der Waals surface area contributed by atoms with Crippen molar-refractivity contribution < 1.29 is 19.0 Å². The third-order valence-electron chi connectivity index (χ3n) is 8.47. The SMILES string of the molecule is C/C(=C\c1csc(C)n1)[C@H](CC1CC1(O)CCC[C@H](C)COC1CCCCO1)O[Si](C)(C)C(C)(C)C. The molecule has 1 aromatic rings. The minimum atomic E-state index is -1.96. The van der Waals surface area contributed by atoms with Crippen molar-refractivity contribution in [3.63, 3.8) is 0 Å². The van der Waals surface area contributed by atoms with E-state index in [4.69, 9.17) is 13.9 Å². The zero-order valence-electron chi connectivity index (χ0n) is 24.1. The van der Waals surface area contributed by atoms with Crippen molar-refractivity contribution >= 4 is 25.7 Å². The molecule has 36 heavy (non-hydrogen) atoms. The van der Waals surface area contributed by atoms with Crippen molar-refractivity contribution in [3.8, 4) is 0 Å². The van der Waals surface area contributed by atoms with Crippen molar-refractivity contribution in [3.05, 3.63) is 21.7 Å². The summed E-state index contributed by atoms with van der Waals surface area (Å²) in [4.78, 5) is 4.63. The van der Waals surface area contributed by atoms with Gasteiger partial charge in [-0.05, 0) is 100 Å². The predicted molar refractivity (Wildman–Crippen MR) is 153 cm³/mol. The molecular formula is C29H51NO4SSi. The van der Waals surface area contributed by atoms with Gasteiger partial charge in [-0.15, -0.1) is 11.3 Å². The van der Waals surface area contributed by atoms with Crippen LogP contribution in [0.3, 0.4) is 0 Å². The van der Waals surface area contributed by atoms with Crippen LogP contribution in [0.5, 0.6) is 0 Å². The maximum absolute atomic E-state index is 11.3. The highest BCUT2D eigenvalue weighted by Crippen LogP contribution is 2.51. The Labute approximate surface area is 225 Å². The Bertz CT molecular complexity index is 858. The minimum absolute atomic E-state index is 0.0134. The molecule has 0 radical (unpaired) electrons. The zero-order valence-corrected chi connectivity index (χ0v) is 25.9. The molecule has 3 rings (SSSR count). The highest BCUT2D eigenvalue weighted by atomic mass is 32.1. The predicted octanol–water partition coefficient (Wildman–Crippen LogP) is 7.74. The van der Waals surface area contributed by atoms with Gasteiger partial charge >= 0.3 is 0 Å². The molecular weight excluding hydrogens is 486 g/mol. The summed E-state index contributed by atoms with van der Waals surface area (Å²) in [5.74, 6) is 0.785. The number of thiazole rings is 1. The van der Waals surface area contributed by atoms with E-state index in [1.54, 1.807) is 11.3 Å². The molecule has 2 fully saturated rings. The van der Waals surface area contributed by atoms with Crippen molar-refractivity contribution in [2.24, 2.45) is 11.8 Å². The molecule has 1 aromatic heterocycles. The first-order chi connectivity index (χ1) is 16.8. The van der Waals surface area contributed by atoms with E-state index in [0.717, 1.165) is 68.9 Å². The second-order valence-electron chi connectivity index (χ2n) is 12.9. The lowest BCUT2D eigenvalue weighted by molar-refractivity contribution is -0.168. The molecule has 206 valence electrons. The highest BCUT2D eigenvalue weighted by molar-refractivity contribution is 7.09. The van der Waals surface area contributed by atoms with Crippen LogP contribution in [0.1, 0.15) is 96.7 Å². The Morgan fingerprint density at radius 1 is 1.36 bits per heavy atom. The van der Waals surface area contributed by atoms with E-state index in [9.17, 15) is 5.11 Å². The smallest absolute Gasteiger partial charge is 0.192 e. The average Bonchev–Trinajstić information content (AvgIpc) is 3.23. The Kier molecular flexibility index (Phi) is 10.4. The van der Waals surface area contributed by atoms with Gasteiger partial charge in [-0.3, -0.25) is 0 Å². The molecule has 1 saturated carbocycles. The van der Waals surface area contributed by atoms with Crippen LogP contribution < -0.4 is 0 Å². The number of aromatic nitrogens is 1. The number of rotatable bonds is 13. The lowest BCUT2D eigenvalue weighted by Gasteiger charge is -2.40. The monoisotopic (exact) mass is 537 g/mol. The van der Waals surface area contributed by atoms with Crippen LogP contribution in [0.15, 0.2) is 11.0 Å². The second-order valence-corrected chi connectivity index (χ2v) is 18.7. The van der Waals surface area contributed by atoms with Crippen LogP contribution in [-0.2, 0) is 13.9 Å². The van der Waals surface area contributed by atoms with Gasteiger partial charge in [0.15, 0.2) is 14.6 Å². The topological polar surface area (TPSA) is 60.8 Å². The Morgan fingerprint density at radius 3 is 2.72 bits per heavy atom. The van der Waals surface area contributed by atoms with E-state index < -0.39 is 13.9 Å². The van der Waals surface area contributed by atoms with Gasteiger partial charge in [0, 0.05) is 12.0 Å². The van der Waals surface area contributed by atoms with Gasteiger partial charge in [-0.25, -0.2) is 4.98 Å². The summed E-state index contributed by atoms with van der Waals surface area (Å²) in [6, 6.07) is 0. The first kappa shape index (κ1) is 30.0. The van der Waals surface area contributed by atoms with E-state index in [1.807, 2.05) is 6.92 Å². The normalized spacial score (nSPS) is 27.2. The van der Waals surface area contributed by atoms with Gasteiger partial charge in [0.05, 0.1) is 29.0 Å². The summed E-state index contributed by atoms with van der Waals surface area (Å²) in [5, 5.41) is 14.6. The number of hydrogen-bond acceptors (Lipinski definition) is 6. The fraction of sp³-hybridized carbons (Fsp3) is 0.828. The summed E-state index contributed by atoms with van der Waals surface area (Å²) < 4.78 is 18.6. The summed E-state index contributed by atoms with van der Waals surface area (Å²) in [6.45, 7) is 19.5. The van der Waals surface area contributed by atoms with Crippen molar-refractivity contribution in [2.45, 2.75) is 129 Å². The molecule has 2 heterocycles. The largest absolute Gasteiger partial charge is 0.410 e. The van der Waals surface area contributed by atoms with Crippen LogP contribution in [0.25, 0.3) is 6.08 Å². The van der Waals surface area contributed by atoms with Gasteiger partial charge < -0.3 is 19.0 Å². The molecule has 2 aliphatic rings. The fourth-order valence-electron chi connectivity index (χ4n) is 4.82. The first-order valence-electron chi connectivity index (χ1n) is 14.0. The number of ether oxygens (including phenoxy) is 2. The fourth-order valence-corrected chi connectivity index (χ4v) is 6.74. The standard InChI is InChI=1S/C29H51NO4SSi/c1-21(19-33-27-13-9-10-15-32-27)12-11-14-29(31)18-24(29)17-26(34-36(7,8)28(4,5)6)22(2)16-25-20-35-23(3)30-25/h16,20-21,24,26-27,31H,9-15,17-19H2,1-8H3/b22-16+/t21-,24?,26-,27?,29?/m0/s1. The highest BCUT2D eigenvalue weighted by Gasteiger charge is 2.53. The summed E-state index contributed by atoms with van der Waals surface area (Å²) >= 11 is 1.68. The van der Waals surface area contributed by atoms with Crippen molar-refractivity contribution in [1.82, 2.24) is 4.98 Å². The number of hydrogen-bond donors (Lipinski definition) is 1. The number of nitrogens with zero attached hydrogens (tertiary/aromatic N) is 1. The molecule has 5 nitrogen and oxygen atoms in total. The van der Waals surface area contributed by atoms with Crippen LogP contribution in [-0.4, -0.2) is 49.6 Å². The van der Waals surface area contributed by atoms with Crippen LogP contribution in [0.2, 0.25) is 18.1 Å². The molecule has 0 aromatic carbocycles. The van der Waals surface area contributed by atoms with E-state index in [-0.39, 0.29) is 17.4 Å². The molecule has 0 bridgehead atoms.